The van der Waals surface area contributed by atoms with E-state index in [9.17, 15) is 38.5 Å². The van der Waals surface area contributed by atoms with Gasteiger partial charge in [-0.1, -0.05) is 0 Å². The van der Waals surface area contributed by atoms with Gasteiger partial charge in [-0.25, -0.2) is 13.6 Å². The van der Waals surface area contributed by atoms with Gasteiger partial charge in [-0.2, -0.15) is 0 Å². The number of carbonyl (C=O) groups excluding carboxylic acids is 3. The Balaban J connectivity index is 2.09. The van der Waals surface area contributed by atoms with Crippen molar-refractivity contribution in [1.29, 1.82) is 0 Å². The van der Waals surface area contributed by atoms with Crippen LogP contribution in [0.5, 0.6) is 0 Å². The highest BCUT2D eigenvalue weighted by Crippen LogP contribution is 2.30. The lowest BCUT2D eigenvalue weighted by Gasteiger charge is -2.41. The third-order valence-corrected chi connectivity index (χ3v) is 4.60. The molecule has 0 aromatic heterocycles. The largest absolute Gasteiger partial charge is 0.390 e. The molecule has 1 aliphatic rings. The Morgan fingerprint density at radius 2 is 1.90 bits per heavy atom. The molecular formula is C17H22F2N4O6. The van der Waals surface area contributed by atoms with Gasteiger partial charge >= 0.3 is 6.03 Å². The molecule has 160 valence electrons. The highest BCUT2D eigenvalue weighted by Gasteiger charge is 2.49. The number of aliphatic hydroxyl groups is 3. The molecule has 2 rings (SSSR count). The summed E-state index contributed by atoms with van der Waals surface area (Å²) in [4.78, 5) is 35.5. The third kappa shape index (κ3) is 5.37. The summed E-state index contributed by atoms with van der Waals surface area (Å²) in [5.74, 6) is -3.76. The Morgan fingerprint density at radius 1 is 1.24 bits per heavy atom. The molecule has 0 unspecified atom stereocenters. The standard InChI is InChI=1S/C17H22F2N4O6/c1-7(14(20)26)21-15(27)17(29)5-11(13(25)12(24)6-17)23-16(28)22-10-3-2-8(18)4-9(10)19/h2-4,7,11-13,24-25,29H,5-6H2,1H3,(H2,20,26)(H,21,27)(H2,22,23,28)/t7-,11+,12-,13-,17+/m1/s1. The molecule has 5 atom stereocenters. The lowest BCUT2D eigenvalue weighted by molar-refractivity contribution is -0.158. The Hall–Kier alpha value is -2.83. The summed E-state index contributed by atoms with van der Waals surface area (Å²) in [6.45, 7) is 1.29. The minimum Gasteiger partial charge on any atom is -0.390 e. The first kappa shape index (κ1) is 22.5. The molecule has 8 N–H and O–H groups in total. The van der Waals surface area contributed by atoms with Crippen LogP contribution in [0.25, 0.3) is 0 Å². The third-order valence-electron chi connectivity index (χ3n) is 4.60. The van der Waals surface area contributed by atoms with E-state index < -0.39 is 72.2 Å². The van der Waals surface area contributed by atoms with E-state index in [1.54, 1.807) is 0 Å². The van der Waals surface area contributed by atoms with Crippen LogP contribution in [0.15, 0.2) is 18.2 Å². The number of nitrogens with one attached hydrogen (secondary N) is 3. The van der Waals surface area contributed by atoms with E-state index >= 15 is 0 Å². The Bertz CT molecular complexity index is 810. The van der Waals surface area contributed by atoms with Gasteiger partial charge in [-0.05, 0) is 19.1 Å². The number of amides is 4. The number of carbonyl (C=O) groups is 3. The summed E-state index contributed by atoms with van der Waals surface area (Å²) >= 11 is 0. The second-order valence-corrected chi connectivity index (χ2v) is 6.92. The molecule has 29 heavy (non-hydrogen) atoms. The number of rotatable bonds is 5. The number of aliphatic hydroxyl groups excluding tert-OH is 2. The van der Waals surface area contributed by atoms with Crippen LogP contribution in [0.4, 0.5) is 19.3 Å². The fourth-order valence-electron chi connectivity index (χ4n) is 2.94. The van der Waals surface area contributed by atoms with Crippen molar-refractivity contribution < 1.29 is 38.5 Å². The maximum Gasteiger partial charge on any atom is 0.319 e. The second kappa shape index (κ2) is 8.68. The maximum absolute atomic E-state index is 13.6. The Morgan fingerprint density at radius 3 is 2.48 bits per heavy atom. The van der Waals surface area contributed by atoms with Gasteiger partial charge in [0.1, 0.15) is 29.4 Å². The number of urea groups is 1. The van der Waals surface area contributed by atoms with Crippen molar-refractivity contribution in [2.75, 3.05) is 5.32 Å². The van der Waals surface area contributed by atoms with Crippen molar-refractivity contribution in [2.45, 2.75) is 49.7 Å². The minimum absolute atomic E-state index is 0.349. The quantitative estimate of drug-likeness (QED) is 0.314. The van der Waals surface area contributed by atoms with Crippen LogP contribution in [0, 0.1) is 11.6 Å². The van der Waals surface area contributed by atoms with E-state index in [1.807, 2.05) is 0 Å². The summed E-state index contributed by atoms with van der Waals surface area (Å²) in [5.41, 5.74) is 2.48. The number of hydrogen-bond acceptors (Lipinski definition) is 6. The van der Waals surface area contributed by atoms with E-state index in [0.717, 1.165) is 12.1 Å². The summed E-state index contributed by atoms with van der Waals surface area (Å²) in [6, 6.07) is -0.986. The maximum atomic E-state index is 13.6. The van der Waals surface area contributed by atoms with Crippen molar-refractivity contribution in [3.8, 4) is 0 Å². The first-order valence-corrected chi connectivity index (χ1v) is 8.64. The predicted molar refractivity (Wildman–Crippen MR) is 95.3 cm³/mol. The van der Waals surface area contributed by atoms with Crippen LogP contribution >= 0.6 is 0 Å². The molecule has 1 aromatic rings. The molecule has 0 radical (unpaired) electrons. The van der Waals surface area contributed by atoms with Crippen molar-refractivity contribution in [2.24, 2.45) is 5.73 Å². The number of primary amides is 1. The summed E-state index contributed by atoms with van der Waals surface area (Å²) in [6.07, 6.45) is -4.20. The molecule has 10 nitrogen and oxygen atoms in total. The van der Waals surface area contributed by atoms with Gasteiger partial charge in [-0.15, -0.1) is 0 Å². The van der Waals surface area contributed by atoms with Crippen LogP contribution in [-0.4, -0.2) is 63.1 Å². The van der Waals surface area contributed by atoms with Crippen LogP contribution < -0.4 is 21.7 Å². The summed E-state index contributed by atoms with van der Waals surface area (Å²) < 4.78 is 26.6. The van der Waals surface area contributed by atoms with E-state index in [0.29, 0.717) is 6.07 Å². The average Bonchev–Trinajstić information content (AvgIpc) is 2.61. The van der Waals surface area contributed by atoms with Crippen LogP contribution in [-0.2, 0) is 9.59 Å². The Kier molecular flexibility index (Phi) is 6.72. The molecule has 0 spiro atoms. The highest BCUT2D eigenvalue weighted by molar-refractivity contribution is 5.91. The molecule has 1 saturated carbocycles. The zero-order valence-corrected chi connectivity index (χ0v) is 15.4. The van der Waals surface area contributed by atoms with E-state index in [1.165, 1.54) is 6.92 Å². The lowest BCUT2D eigenvalue weighted by Crippen LogP contribution is -2.64. The molecule has 1 fully saturated rings. The fourth-order valence-corrected chi connectivity index (χ4v) is 2.94. The summed E-state index contributed by atoms with van der Waals surface area (Å²) in [7, 11) is 0. The predicted octanol–water partition coefficient (Wildman–Crippen LogP) is -1.31. The first-order chi connectivity index (χ1) is 13.4. The fraction of sp³-hybridized carbons (Fsp3) is 0.471. The zero-order valence-electron chi connectivity index (χ0n) is 15.4. The molecule has 0 heterocycles. The van der Waals surface area contributed by atoms with Gasteiger partial charge in [0.2, 0.25) is 5.91 Å². The zero-order chi connectivity index (χ0) is 21.9. The van der Waals surface area contributed by atoms with Crippen molar-refractivity contribution in [1.82, 2.24) is 10.6 Å². The Labute approximate surface area is 164 Å². The van der Waals surface area contributed by atoms with Crippen LogP contribution in [0.3, 0.4) is 0 Å². The first-order valence-electron chi connectivity index (χ1n) is 8.64. The van der Waals surface area contributed by atoms with Gasteiger partial charge in [0, 0.05) is 18.9 Å². The highest BCUT2D eigenvalue weighted by atomic mass is 19.1. The molecule has 0 bridgehead atoms. The second-order valence-electron chi connectivity index (χ2n) is 6.92. The smallest absolute Gasteiger partial charge is 0.319 e. The minimum atomic E-state index is -2.22. The molecule has 1 aromatic carbocycles. The molecule has 4 amide bonds. The molecular weight excluding hydrogens is 394 g/mol. The number of benzene rings is 1. The lowest BCUT2D eigenvalue weighted by atomic mass is 9.77. The SMILES string of the molecule is C[C@@H](NC(=O)[C@@]1(O)C[C@@H](O)[C@H](O)[C@@H](NC(=O)Nc2ccc(F)cc2F)C1)C(N)=O. The average molecular weight is 416 g/mol. The normalized spacial score (nSPS) is 27.6. The topological polar surface area (TPSA) is 174 Å². The van der Waals surface area contributed by atoms with Gasteiger partial charge in [-0.3, -0.25) is 9.59 Å². The summed E-state index contributed by atoms with van der Waals surface area (Å²) in [5, 5.41) is 37.2. The van der Waals surface area contributed by atoms with Gasteiger partial charge in [0.15, 0.2) is 0 Å². The van der Waals surface area contributed by atoms with E-state index in [4.69, 9.17) is 5.73 Å². The number of anilines is 1. The van der Waals surface area contributed by atoms with Crippen LogP contribution in [0.2, 0.25) is 0 Å². The van der Waals surface area contributed by atoms with Crippen molar-refractivity contribution in [3.63, 3.8) is 0 Å². The molecule has 0 aliphatic heterocycles. The van der Waals surface area contributed by atoms with E-state index in [-0.39, 0.29) is 5.69 Å². The van der Waals surface area contributed by atoms with Crippen LogP contribution in [0.1, 0.15) is 19.8 Å². The van der Waals surface area contributed by atoms with Crippen molar-refractivity contribution >= 4 is 23.5 Å². The van der Waals surface area contributed by atoms with Gasteiger partial charge < -0.3 is 37.0 Å². The monoisotopic (exact) mass is 416 g/mol. The number of hydrogen-bond donors (Lipinski definition) is 7. The molecule has 12 heteroatoms. The molecule has 1 aliphatic carbocycles. The van der Waals surface area contributed by atoms with Gasteiger partial charge in [0.25, 0.3) is 5.91 Å². The van der Waals surface area contributed by atoms with E-state index in [2.05, 4.69) is 16.0 Å². The molecule has 0 saturated heterocycles. The number of nitrogens with two attached hydrogens (primary N) is 1. The van der Waals surface area contributed by atoms with Gasteiger partial charge in [0.05, 0.1) is 17.8 Å². The van der Waals surface area contributed by atoms with Crippen molar-refractivity contribution in [3.05, 3.63) is 29.8 Å². The number of halogens is 2.